The topological polar surface area (TPSA) is 33.2 Å². The van der Waals surface area contributed by atoms with E-state index in [1.54, 1.807) is 11.9 Å². The smallest absolute Gasteiger partial charge is 0.265 e. The van der Waals surface area contributed by atoms with E-state index in [4.69, 9.17) is 11.6 Å². The quantitative estimate of drug-likeness (QED) is 0.655. The Kier molecular flexibility index (Phi) is 4.97. The van der Waals surface area contributed by atoms with E-state index in [2.05, 4.69) is 4.98 Å². The van der Waals surface area contributed by atoms with Gasteiger partial charge in [0, 0.05) is 24.2 Å². The second-order valence-corrected chi connectivity index (χ2v) is 6.96. The molecule has 3 aromatic rings. The molecule has 0 saturated heterocycles. The molecule has 1 aromatic heterocycles. The maximum atomic E-state index is 12.8. The van der Waals surface area contributed by atoms with Crippen LogP contribution >= 0.6 is 22.9 Å². The van der Waals surface area contributed by atoms with Gasteiger partial charge in [0.1, 0.15) is 9.88 Å². The molecule has 24 heavy (non-hydrogen) atoms. The summed E-state index contributed by atoms with van der Waals surface area (Å²) >= 11 is 7.62. The summed E-state index contributed by atoms with van der Waals surface area (Å²) in [5.74, 6) is -0.0351. The summed E-state index contributed by atoms with van der Waals surface area (Å²) in [6.45, 7) is 2.34. The predicted molar refractivity (Wildman–Crippen MR) is 99.5 cm³/mol. The first-order valence-corrected chi connectivity index (χ1v) is 8.77. The molecule has 0 spiro atoms. The van der Waals surface area contributed by atoms with Crippen LogP contribution in [0.1, 0.15) is 20.9 Å². The van der Waals surface area contributed by atoms with Crippen LogP contribution in [0.3, 0.4) is 0 Å². The van der Waals surface area contributed by atoms with Crippen LogP contribution in [0.25, 0.3) is 10.6 Å². The highest BCUT2D eigenvalue weighted by Crippen LogP contribution is 2.29. The van der Waals surface area contributed by atoms with Gasteiger partial charge in [-0.05, 0) is 18.6 Å². The summed E-state index contributed by atoms with van der Waals surface area (Å²) in [4.78, 5) is 19.7. The van der Waals surface area contributed by atoms with Crippen LogP contribution in [-0.4, -0.2) is 22.8 Å². The van der Waals surface area contributed by atoms with Crippen molar-refractivity contribution in [3.63, 3.8) is 0 Å². The largest absolute Gasteiger partial charge is 0.337 e. The Balaban J connectivity index is 1.82. The molecule has 1 heterocycles. The lowest BCUT2D eigenvalue weighted by molar-refractivity contribution is 0.0789. The number of amides is 1. The SMILES string of the molecule is Cc1nc(-c2ccccc2)sc1C(=O)N(C)Cc1ccccc1Cl. The van der Waals surface area contributed by atoms with Gasteiger partial charge in [0.2, 0.25) is 0 Å². The number of hydrogen-bond donors (Lipinski definition) is 0. The van der Waals surface area contributed by atoms with Gasteiger partial charge in [-0.2, -0.15) is 0 Å². The molecule has 0 radical (unpaired) electrons. The molecule has 0 unspecified atom stereocenters. The van der Waals surface area contributed by atoms with Crippen molar-refractivity contribution < 1.29 is 4.79 Å². The third kappa shape index (κ3) is 3.50. The van der Waals surface area contributed by atoms with Gasteiger partial charge in [0.15, 0.2) is 0 Å². The fourth-order valence-corrected chi connectivity index (χ4v) is 3.69. The van der Waals surface area contributed by atoms with Crippen LogP contribution in [0.5, 0.6) is 0 Å². The van der Waals surface area contributed by atoms with Crippen molar-refractivity contribution in [3.8, 4) is 10.6 Å². The summed E-state index contributed by atoms with van der Waals surface area (Å²) in [5.41, 5.74) is 2.72. The molecule has 0 atom stereocenters. The van der Waals surface area contributed by atoms with Crippen LogP contribution in [0.15, 0.2) is 54.6 Å². The Labute approximate surface area is 150 Å². The van der Waals surface area contributed by atoms with Gasteiger partial charge >= 0.3 is 0 Å². The minimum Gasteiger partial charge on any atom is -0.337 e. The van der Waals surface area contributed by atoms with Crippen molar-refractivity contribution in [2.75, 3.05) is 7.05 Å². The number of aryl methyl sites for hydroxylation is 1. The van der Waals surface area contributed by atoms with Gasteiger partial charge in [-0.3, -0.25) is 4.79 Å². The highest BCUT2D eigenvalue weighted by molar-refractivity contribution is 7.17. The summed E-state index contributed by atoms with van der Waals surface area (Å²) in [7, 11) is 1.78. The van der Waals surface area contributed by atoms with Crippen molar-refractivity contribution in [2.24, 2.45) is 0 Å². The first-order valence-electron chi connectivity index (χ1n) is 7.58. The maximum absolute atomic E-state index is 12.8. The molecule has 0 N–H and O–H groups in total. The van der Waals surface area contributed by atoms with Crippen molar-refractivity contribution in [3.05, 3.63) is 75.8 Å². The molecular weight excluding hydrogens is 340 g/mol. The number of carbonyl (C=O) groups excluding carboxylic acids is 1. The zero-order chi connectivity index (χ0) is 17.1. The third-order valence-corrected chi connectivity index (χ3v) is 5.29. The zero-order valence-corrected chi connectivity index (χ0v) is 15.1. The van der Waals surface area contributed by atoms with Crippen LogP contribution in [0, 0.1) is 6.92 Å². The van der Waals surface area contributed by atoms with Crippen LogP contribution < -0.4 is 0 Å². The molecule has 5 heteroatoms. The fraction of sp³-hybridized carbons (Fsp3) is 0.158. The van der Waals surface area contributed by atoms with Crippen molar-refractivity contribution in [2.45, 2.75) is 13.5 Å². The van der Waals surface area contributed by atoms with Crippen molar-refractivity contribution in [1.29, 1.82) is 0 Å². The molecule has 3 rings (SSSR count). The van der Waals surface area contributed by atoms with E-state index in [-0.39, 0.29) is 5.91 Å². The Morgan fingerprint density at radius 3 is 2.50 bits per heavy atom. The van der Waals surface area contributed by atoms with Crippen molar-refractivity contribution >= 4 is 28.8 Å². The second kappa shape index (κ2) is 7.16. The summed E-state index contributed by atoms with van der Waals surface area (Å²) < 4.78 is 0. The number of nitrogens with zero attached hydrogens (tertiary/aromatic N) is 2. The molecule has 0 bridgehead atoms. The van der Waals surface area contributed by atoms with E-state index in [0.717, 1.165) is 21.8 Å². The molecule has 0 aliphatic heterocycles. The molecule has 2 aromatic carbocycles. The fourth-order valence-electron chi connectivity index (χ4n) is 2.43. The number of aromatic nitrogens is 1. The summed E-state index contributed by atoms with van der Waals surface area (Å²) in [6.07, 6.45) is 0. The van der Waals surface area contributed by atoms with Gasteiger partial charge in [0.05, 0.1) is 5.69 Å². The van der Waals surface area contributed by atoms with Gasteiger partial charge in [-0.15, -0.1) is 11.3 Å². The molecule has 1 amide bonds. The predicted octanol–water partition coefficient (Wildman–Crippen LogP) is 5.04. The minimum atomic E-state index is -0.0351. The maximum Gasteiger partial charge on any atom is 0.265 e. The highest BCUT2D eigenvalue weighted by Gasteiger charge is 2.20. The average molecular weight is 357 g/mol. The number of carbonyl (C=O) groups is 1. The van der Waals surface area contributed by atoms with E-state index in [1.165, 1.54) is 11.3 Å². The number of benzene rings is 2. The Bertz CT molecular complexity index is 861. The molecule has 0 aliphatic rings. The van der Waals surface area contributed by atoms with Crippen molar-refractivity contribution in [1.82, 2.24) is 9.88 Å². The molecule has 122 valence electrons. The molecule has 0 fully saturated rings. The van der Waals surface area contributed by atoms with Gasteiger partial charge in [-0.25, -0.2) is 4.98 Å². The molecule has 0 saturated carbocycles. The first kappa shape index (κ1) is 16.7. The lowest BCUT2D eigenvalue weighted by Gasteiger charge is -2.17. The first-order chi connectivity index (χ1) is 11.6. The van der Waals surface area contributed by atoms with E-state index in [0.29, 0.717) is 16.4 Å². The van der Waals surface area contributed by atoms with E-state index in [9.17, 15) is 4.79 Å². The van der Waals surface area contributed by atoms with Crippen LogP contribution in [-0.2, 0) is 6.54 Å². The van der Waals surface area contributed by atoms with Crippen LogP contribution in [0.4, 0.5) is 0 Å². The van der Waals surface area contributed by atoms with Crippen LogP contribution in [0.2, 0.25) is 5.02 Å². The summed E-state index contributed by atoms with van der Waals surface area (Å²) in [6, 6.07) is 17.5. The number of rotatable bonds is 4. The molecule has 3 nitrogen and oxygen atoms in total. The minimum absolute atomic E-state index is 0.0351. The standard InChI is InChI=1S/C19H17ClN2OS/c1-13-17(24-18(21-13)14-8-4-3-5-9-14)19(23)22(2)12-15-10-6-7-11-16(15)20/h3-11H,12H2,1-2H3. The van der Waals surface area contributed by atoms with Gasteiger partial charge in [-0.1, -0.05) is 60.1 Å². The average Bonchev–Trinajstić information content (AvgIpc) is 2.99. The summed E-state index contributed by atoms with van der Waals surface area (Å²) in [5, 5.41) is 1.53. The van der Waals surface area contributed by atoms with E-state index in [1.807, 2.05) is 61.5 Å². The number of thiazole rings is 1. The number of hydrogen-bond acceptors (Lipinski definition) is 3. The Morgan fingerprint density at radius 2 is 1.79 bits per heavy atom. The zero-order valence-electron chi connectivity index (χ0n) is 13.5. The molecular formula is C19H17ClN2OS. The van der Waals surface area contributed by atoms with E-state index < -0.39 is 0 Å². The highest BCUT2D eigenvalue weighted by atomic mass is 35.5. The molecule has 0 aliphatic carbocycles. The van der Waals surface area contributed by atoms with Gasteiger partial charge < -0.3 is 4.90 Å². The van der Waals surface area contributed by atoms with E-state index >= 15 is 0 Å². The lowest BCUT2D eigenvalue weighted by atomic mass is 10.2. The number of halogens is 1. The monoisotopic (exact) mass is 356 g/mol. The normalized spacial score (nSPS) is 10.6. The lowest BCUT2D eigenvalue weighted by Crippen LogP contribution is -2.26. The Morgan fingerprint density at radius 1 is 1.12 bits per heavy atom. The Hall–Kier alpha value is -2.17. The van der Waals surface area contributed by atoms with Gasteiger partial charge in [0.25, 0.3) is 5.91 Å². The third-order valence-electron chi connectivity index (χ3n) is 3.72. The second-order valence-electron chi connectivity index (χ2n) is 5.55.